The molecule has 0 aliphatic rings. The van der Waals surface area contributed by atoms with E-state index in [1.807, 2.05) is 34.2 Å². The number of hydrogen-bond donors (Lipinski definition) is 1. The summed E-state index contributed by atoms with van der Waals surface area (Å²) in [6, 6.07) is 15.0. The number of nitrogens with zero attached hydrogens (tertiary/aromatic N) is 2. The van der Waals surface area contributed by atoms with Gasteiger partial charge in [0.1, 0.15) is 17.3 Å². The Morgan fingerprint density at radius 1 is 1.08 bits per heavy atom. The van der Waals surface area contributed by atoms with Gasteiger partial charge in [-0.15, -0.1) is 11.3 Å². The van der Waals surface area contributed by atoms with Crippen molar-refractivity contribution in [1.29, 1.82) is 0 Å². The van der Waals surface area contributed by atoms with E-state index < -0.39 is 0 Å². The normalized spacial score (nSPS) is 10.9. The van der Waals surface area contributed by atoms with Gasteiger partial charge >= 0.3 is 0 Å². The van der Waals surface area contributed by atoms with Gasteiger partial charge in [0, 0.05) is 22.7 Å². The largest absolute Gasteiger partial charge is 0.306 e. The van der Waals surface area contributed by atoms with Gasteiger partial charge < -0.3 is 5.32 Å². The third kappa shape index (κ3) is 2.57. The summed E-state index contributed by atoms with van der Waals surface area (Å²) in [5, 5.41) is 4.82. The average molecular weight is 337 g/mol. The van der Waals surface area contributed by atoms with E-state index in [0.29, 0.717) is 17.1 Å². The number of imidazole rings is 1. The molecule has 0 fully saturated rings. The quantitative estimate of drug-likeness (QED) is 0.600. The summed E-state index contributed by atoms with van der Waals surface area (Å²) in [4.78, 5) is 17.8. The van der Waals surface area contributed by atoms with Crippen LogP contribution < -0.4 is 5.32 Å². The maximum Gasteiger partial charge on any atom is 0.256 e. The summed E-state index contributed by atoms with van der Waals surface area (Å²) < 4.78 is 15.0. The lowest BCUT2D eigenvalue weighted by Crippen LogP contribution is -2.13. The summed E-state index contributed by atoms with van der Waals surface area (Å²) in [5.41, 5.74) is 1.93. The molecule has 0 saturated carbocycles. The predicted octanol–water partition coefficient (Wildman–Crippen LogP) is 4.45. The monoisotopic (exact) mass is 337 g/mol. The van der Waals surface area contributed by atoms with Gasteiger partial charge in [0.05, 0.1) is 0 Å². The number of nitrogens with one attached hydrogen (secondary N) is 1. The standard InChI is InChI=1S/C18H12FN3OS/c19-14-8-6-12(7-9-14)15-16(22-10-11-24-18(22)20-15)21-17(23)13-4-2-1-3-5-13/h1-11H,(H,21,23). The SMILES string of the molecule is O=C(Nc1c(-c2ccc(F)cc2)nc2sccn12)c1ccccc1. The third-order valence-electron chi connectivity index (χ3n) is 3.65. The smallest absolute Gasteiger partial charge is 0.256 e. The molecule has 1 N–H and O–H groups in total. The van der Waals surface area contributed by atoms with E-state index in [2.05, 4.69) is 10.3 Å². The summed E-state index contributed by atoms with van der Waals surface area (Å²) in [5.74, 6) is 0.0494. The van der Waals surface area contributed by atoms with Crippen molar-refractivity contribution in [2.45, 2.75) is 0 Å². The van der Waals surface area contributed by atoms with Gasteiger partial charge in [0.2, 0.25) is 0 Å². The van der Waals surface area contributed by atoms with Gasteiger partial charge in [-0.25, -0.2) is 9.37 Å². The van der Waals surface area contributed by atoms with E-state index in [1.54, 1.807) is 24.3 Å². The van der Waals surface area contributed by atoms with E-state index >= 15 is 0 Å². The Morgan fingerprint density at radius 3 is 2.58 bits per heavy atom. The second kappa shape index (κ2) is 5.90. The molecule has 118 valence electrons. The molecule has 0 bridgehead atoms. The minimum Gasteiger partial charge on any atom is -0.306 e. The lowest BCUT2D eigenvalue weighted by molar-refractivity contribution is 0.102. The molecular weight excluding hydrogens is 325 g/mol. The number of aromatic nitrogens is 2. The molecule has 0 radical (unpaired) electrons. The molecule has 0 spiro atoms. The van der Waals surface area contributed by atoms with Crippen LogP contribution in [0.3, 0.4) is 0 Å². The minimum absolute atomic E-state index is 0.216. The van der Waals surface area contributed by atoms with Gasteiger partial charge in [-0.05, 0) is 36.4 Å². The minimum atomic E-state index is -0.311. The summed E-state index contributed by atoms with van der Waals surface area (Å²) in [7, 11) is 0. The zero-order chi connectivity index (χ0) is 16.5. The van der Waals surface area contributed by atoms with Crippen molar-refractivity contribution in [3.63, 3.8) is 0 Å². The lowest BCUT2D eigenvalue weighted by Gasteiger charge is -2.07. The number of thiazole rings is 1. The Bertz CT molecular complexity index is 1010. The Balaban J connectivity index is 1.78. The molecule has 4 rings (SSSR count). The molecule has 2 aromatic heterocycles. The van der Waals surface area contributed by atoms with Crippen molar-refractivity contribution in [1.82, 2.24) is 9.38 Å². The Morgan fingerprint density at radius 2 is 1.83 bits per heavy atom. The summed E-state index contributed by atoms with van der Waals surface area (Å²) >= 11 is 1.47. The molecule has 4 nitrogen and oxygen atoms in total. The van der Waals surface area contributed by atoms with Crippen LogP contribution in [0.1, 0.15) is 10.4 Å². The van der Waals surface area contributed by atoms with Gasteiger partial charge in [-0.1, -0.05) is 18.2 Å². The number of benzene rings is 2. The molecule has 0 aliphatic carbocycles. The number of carbonyl (C=O) groups excluding carboxylic acids is 1. The number of hydrogen-bond acceptors (Lipinski definition) is 3. The fourth-order valence-electron chi connectivity index (χ4n) is 2.48. The number of carbonyl (C=O) groups is 1. The van der Waals surface area contributed by atoms with Crippen molar-refractivity contribution in [2.24, 2.45) is 0 Å². The van der Waals surface area contributed by atoms with Crippen LogP contribution in [0, 0.1) is 5.82 Å². The molecule has 6 heteroatoms. The highest BCUT2D eigenvalue weighted by molar-refractivity contribution is 7.15. The summed E-state index contributed by atoms with van der Waals surface area (Å²) in [6.45, 7) is 0. The van der Waals surface area contributed by atoms with Crippen LogP contribution in [0.2, 0.25) is 0 Å². The molecular formula is C18H12FN3OS. The Hall–Kier alpha value is -2.99. The maximum absolute atomic E-state index is 13.2. The van der Waals surface area contributed by atoms with E-state index in [9.17, 15) is 9.18 Å². The van der Waals surface area contributed by atoms with Gasteiger partial charge in [-0.2, -0.15) is 0 Å². The highest BCUT2D eigenvalue weighted by Gasteiger charge is 2.18. The van der Waals surface area contributed by atoms with Crippen molar-refractivity contribution >= 4 is 28.0 Å². The number of halogens is 1. The van der Waals surface area contributed by atoms with Crippen LogP contribution in [0.25, 0.3) is 16.2 Å². The lowest BCUT2D eigenvalue weighted by atomic mass is 10.1. The molecule has 24 heavy (non-hydrogen) atoms. The molecule has 0 unspecified atom stereocenters. The first-order valence-electron chi connectivity index (χ1n) is 7.30. The van der Waals surface area contributed by atoms with Crippen LogP contribution in [-0.2, 0) is 0 Å². The number of fused-ring (bicyclic) bond motifs is 1. The van der Waals surface area contributed by atoms with Crippen LogP contribution in [-0.4, -0.2) is 15.3 Å². The van der Waals surface area contributed by atoms with Crippen LogP contribution >= 0.6 is 11.3 Å². The van der Waals surface area contributed by atoms with Crippen molar-refractivity contribution < 1.29 is 9.18 Å². The maximum atomic E-state index is 13.2. The fraction of sp³-hybridized carbons (Fsp3) is 0. The summed E-state index contributed by atoms with van der Waals surface area (Å²) in [6.07, 6.45) is 1.85. The van der Waals surface area contributed by atoms with Crippen LogP contribution in [0.5, 0.6) is 0 Å². The van der Waals surface area contributed by atoms with Crippen LogP contribution in [0.15, 0.2) is 66.2 Å². The second-order valence-corrected chi connectivity index (χ2v) is 6.06. The van der Waals surface area contributed by atoms with Gasteiger partial charge in [-0.3, -0.25) is 9.20 Å². The zero-order valence-electron chi connectivity index (χ0n) is 12.4. The first-order chi connectivity index (χ1) is 11.7. The first kappa shape index (κ1) is 14.6. The molecule has 1 amide bonds. The van der Waals surface area contributed by atoms with E-state index in [1.165, 1.54) is 23.5 Å². The van der Waals surface area contributed by atoms with Crippen LogP contribution in [0.4, 0.5) is 10.2 Å². The molecule has 2 aromatic carbocycles. The molecule has 0 saturated heterocycles. The highest BCUT2D eigenvalue weighted by Crippen LogP contribution is 2.31. The Labute approximate surface area is 141 Å². The van der Waals surface area contributed by atoms with Gasteiger partial charge in [0.15, 0.2) is 4.96 Å². The highest BCUT2D eigenvalue weighted by atomic mass is 32.1. The molecule has 0 aliphatic heterocycles. The first-order valence-corrected chi connectivity index (χ1v) is 8.18. The van der Waals surface area contributed by atoms with E-state index in [-0.39, 0.29) is 11.7 Å². The number of rotatable bonds is 3. The van der Waals surface area contributed by atoms with Crippen molar-refractivity contribution in [2.75, 3.05) is 5.32 Å². The van der Waals surface area contributed by atoms with E-state index in [4.69, 9.17) is 0 Å². The predicted molar refractivity (Wildman–Crippen MR) is 92.9 cm³/mol. The molecule has 4 aromatic rings. The molecule has 0 atom stereocenters. The topological polar surface area (TPSA) is 46.4 Å². The van der Waals surface area contributed by atoms with Crippen molar-refractivity contribution in [3.05, 3.63) is 77.6 Å². The second-order valence-electron chi connectivity index (χ2n) is 5.19. The Kier molecular flexibility index (Phi) is 3.59. The van der Waals surface area contributed by atoms with Crippen molar-refractivity contribution in [3.8, 4) is 11.3 Å². The molecule has 2 heterocycles. The fourth-order valence-corrected chi connectivity index (χ4v) is 3.20. The number of anilines is 1. The van der Waals surface area contributed by atoms with E-state index in [0.717, 1.165) is 10.5 Å². The van der Waals surface area contributed by atoms with Gasteiger partial charge in [0.25, 0.3) is 5.91 Å². The number of amides is 1. The zero-order valence-corrected chi connectivity index (χ0v) is 13.3. The average Bonchev–Trinajstić information content (AvgIpc) is 3.19. The third-order valence-corrected chi connectivity index (χ3v) is 4.40.